The highest BCUT2D eigenvalue weighted by molar-refractivity contribution is 7.22. The molecule has 3 N–H and O–H groups in total. The van der Waals surface area contributed by atoms with Gasteiger partial charge in [0.1, 0.15) is 16.5 Å². The molecular formula is C33H31F2N5O5S. The van der Waals surface area contributed by atoms with Crippen LogP contribution in [0.1, 0.15) is 24.5 Å². The number of urea groups is 1. The van der Waals surface area contributed by atoms with Gasteiger partial charge >= 0.3 is 17.7 Å². The van der Waals surface area contributed by atoms with Gasteiger partial charge in [0.2, 0.25) is 0 Å². The van der Waals surface area contributed by atoms with E-state index >= 15 is 0 Å². The number of amides is 2. The average molecular weight is 648 g/mol. The Balaban J connectivity index is 1.77. The number of nitrogens with zero attached hydrogens (tertiary/aromatic N) is 3. The van der Waals surface area contributed by atoms with E-state index in [4.69, 9.17) is 0 Å². The predicted molar refractivity (Wildman–Crippen MR) is 174 cm³/mol. The number of carbonyl (C=O) groups is 2. The first-order valence-electron chi connectivity index (χ1n) is 14.4. The monoisotopic (exact) mass is 647 g/mol. The smallest absolute Gasteiger partial charge is 0.337 e. The van der Waals surface area contributed by atoms with Crippen molar-refractivity contribution >= 4 is 39.2 Å². The molecule has 0 saturated carbocycles. The molecule has 238 valence electrons. The van der Waals surface area contributed by atoms with E-state index in [1.807, 2.05) is 0 Å². The largest absolute Gasteiger partial charge is 0.481 e. The van der Waals surface area contributed by atoms with Gasteiger partial charge in [0.25, 0.3) is 5.56 Å². The molecule has 2 aromatic heterocycles. The molecule has 3 aromatic carbocycles. The number of aliphatic carboxylic acids is 1. The van der Waals surface area contributed by atoms with E-state index in [9.17, 15) is 33.1 Å². The third-order valence-electron chi connectivity index (χ3n) is 7.34. The van der Waals surface area contributed by atoms with Crippen LogP contribution < -0.4 is 21.9 Å². The number of halogens is 2. The first-order valence-corrected chi connectivity index (χ1v) is 15.3. The molecular weight excluding hydrogens is 616 g/mol. The predicted octanol–water partition coefficient (Wildman–Crippen LogP) is 5.26. The van der Waals surface area contributed by atoms with Crippen molar-refractivity contribution in [1.82, 2.24) is 19.4 Å². The van der Waals surface area contributed by atoms with Crippen molar-refractivity contribution < 1.29 is 23.5 Å². The molecule has 0 bridgehead atoms. The third kappa shape index (κ3) is 6.75. The maximum absolute atomic E-state index is 14.9. The molecule has 10 nitrogen and oxygen atoms in total. The SMILES string of the molecule is CCNC(=O)Nc1ccc(-c2sc3c(c2CN(C)CCC(=O)O)c(=O)n(-c2ccccc2)c(=O)n3Cc2c(F)cccc2F)cc1. The highest BCUT2D eigenvalue weighted by Crippen LogP contribution is 2.38. The number of aromatic nitrogens is 2. The van der Waals surface area contributed by atoms with Crippen LogP contribution in [0.25, 0.3) is 26.3 Å². The molecule has 0 aliphatic rings. The minimum absolute atomic E-state index is 0.137. The Hall–Kier alpha value is -5.14. The number of benzene rings is 3. The lowest BCUT2D eigenvalue weighted by atomic mass is 10.1. The molecule has 5 aromatic rings. The summed E-state index contributed by atoms with van der Waals surface area (Å²) in [7, 11) is 1.72. The van der Waals surface area contributed by atoms with E-state index in [0.717, 1.165) is 28.0 Å². The second kappa shape index (κ2) is 13.9. The number of carboxylic acids is 1. The highest BCUT2D eigenvalue weighted by atomic mass is 32.1. The molecule has 0 unspecified atom stereocenters. The van der Waals surface area contributed by atoms with Gasteiger partial charge < -0.3 is 20.6 Å². The lowest BCUT2D eigenvalue weighted by molar-refractivity contribution is -0.137. The molecule has 2 heterocycles. The van der Waals surface area contributed by atoms with E-state index in [1.54, 1.807) is 73.5 Å². The van der Waals surface area contributed by atoms with Crippen LogP contribution in [0.4, 0.5) is 19.3 Å². The lowest BCUT2D eigenvalue weighted by Crippen LogP contribution is -2.39. The highest BCUT2D eigenvalue weighted by Gasteiger charge is 2.25. The zero-order valence-corrected chi connectivity index (χ0v) is 25.9. The Bertz CT molecular complexity index is 2000. The fourth-order valence-corrected chi connectivity index (χ4v) is 6.42. The van der Waals surface area contributed by atoms with Gasteiger partial charge in [0.15, 0.2) is 0 Å². The summed E-state index contributed by atoms with van der Waals surface area (Å²) in [6.07, 6.45) is -0.139. The van der Waals surface area contributed by atoms with E-state index < -0.39 is 35.4 Å². The van der Waals surface area contributed by atoms with Crippen LogP contribution in [0.3, 0.4) is 0 Å². The number of thiophene rings is 1. The van der Waals surface area contributed by atoms with Crippen molar-refractivity contribution in [3.8, 4) is 16.1 Å². The Morgan fingerprint density at radius 3 is 2.24 bits per heavy atom. The topological polar surface area (TPSA) is 126 Å². The summed E-state index contributed by atoms with van der Waals surface area (Å²) in [6, 6.07) is 18.2. The van der Waals surface area contributed by atoms with E-state index in [2.05, 4.69) is 10.6 Å². The van der Waals surface area contributed by atoms with Crippen molar-refractivity contribution in [3.05, 3.63) is 116 Å². The van der Waals surface area contributed by atoms with Crippen LogP contribution >= 0.6 is 11.3 Å². The number of hydrogen-bond acceptors (Lipinski definition) is 6. The van der Waals surface area contributed by atoms with Crippen LogP contribution in [0.5, 0.6) is 0 Å². The van der Waals surface area contributed by atoms with Crippen LogP contribution in [-0.4, -0.2) is 51.3 Å². The molecule has 46 heavy (non-hydrogen) atoms. The normalized spacial score (nSPS) is 11.2. The van der Waals surface area contributed by atoms with Gasteiger partial charge in [0.05, 0.1) is 24.0 Å². The van der Waals surface area contributed by atoms with E-state index in [1.165, 1.54) is 10.6 Å². The lowest BCUT2D eigenvalue weighted by Gasteiger charge is -2.17. The molecule has 0 fully saturated rings. The van der Waals surface area contributed by atoms with Gasteiger partial charge in [-0.1, -0.05) is 36.4 Å². The third-order valence-corrected chi connectivity index (χ3v) is 8.65. The fourth-order valence-electron chi connectivity index (χ4n) is 5.11. The Morgan fingerprint density at radius 1 is 0.935 bits per heavy atom. The zero-order chi connectivity index (χ0) is 33.0. The summed E-state index contributed by atoms with van der Waals surface area (Å²) in [5.74, 6) is -2.65. The molecule has 0 saturated heterocycles. The average Bonchev–Trinajstić information content (AvgIpc) is 3.39. The van der Waals surface area contributed by atoms with E-state index in [0.29, 0.717) is 28.2 Å². The number of rotatable bonds is 11. The molecule has 0 aliphatic carbocycles. The van der Waals surface area contributed by atoms with Crippen LogP contribution in [0.2, 0.25) is 0 Å². The first kappa shape index (κ1) is 32.3. The molecule has 0 atom stereocenters. The quantitative estimate of drug-likeness (QED) is 0.180. The van der Waals surface area contributed by atoms with Gasteiger partial charge in [-0.25, -0.2) is 22.9 Å². The van der Waals surface area contributed by atoms with Crippen LogP contribution in [0.15, 0.2) is 82.4 Å². The number of anilines is 1. The molecule has 2 amide bonds. The molecule has 0 radical (unpaired) electrons. The number of hydrogen-bond donors (Lipinski definition) is 3. The van der Waals surface area contributed by atoms with Crippen LogP contribution in [0, 0.1) is 11.6 Å². The standard InChI is InChI=1S/C33H31F2N5O5S/c1-3-36-32(44)37-21-14-12-20(13-15-21)29-24(18-38(2)17-16-27(41)42)28-30(43)40(22-8-5-4-6-9-22)33(45)39(31(28)46-29)19-23-25(34)10-7-11-26(23)35/h4-15H,3,16-19H2,1-2H3,(H,41,42)(H2,36,37,44). The second-order valence-corrected chi connectivity index (χ2v) is 11.6. The fraction of sp³-hybridized carbons (Fsp3) is 0.212. The van der Waals surface area contributed by atoms with E-state index in [-0.39, 0.29) is 47.0 Å². The van der Waals surface area contributed by atoms with Crippen molar-refractivity contribution in [2.45, 2.75) is 26.4 Å². The summed E-state index contributed by atoms with van der Waals surface area (Å²) in [6.45, 7) is 2.07. The van der Waals surface area contributed by atoms with Gasteiger partial charge in [-0.15, -0.1) is 11.3 Å². The Morgan fingerprint density at radius 2 is 1.61 bits per heavy atom. The summed E-state index contributed by atoms with van der Waals surface area (Å²) < 4.78 is 32.0. The Labute approximate surface area is 266 Å². The first-order chi connectivity index (χ1) is 22.1. The van der Waals surface area contributed by atoms with Crippen molar-refractivity contribution in [3.63, 3.8) is 0 Å². The minimum Gasteiger partial charge on any atom is -0.481 e. The second-order valence-electron chi connectivity index (χ2n) is 10.6. The minimum atomic E-state index is -0.982. The summed E-state index contributed by atoms with van der Waals surface area (Å²) in [4.78, 5) is 54.2. The van der Waals surface area contributed by atoms with Gasteiger partial charge in [-0.2, -0.15) is 0 Å². The number of para-hydroxylation sites is 1. The summed E-state index contributed by atoms with van der Waals surface area (Å²) >= 11 is 1.12. The van der Waals surface area contributed by atoms with Gasteiger partial charge in [-0.05, 0) is 61.5 Å². The molecule has 0 aliphatic heterocycles. The Kier molecular flexibility index (Phi) is 9.73. The van der Waals surface area contributed by atoms with Gasteiger partial charge in [-0.3, -0.25) is 14.2 Å². The maximum Gasteiger partial charge on any atom is 0.337 e. The molecule has 0 spiro atoms. The maximum atomic E-state index is 14.9. The summed E-state index contributed by atoms with van der Waals surface area (Å²) in [5, 5.41) is 14.8. The number of carboxylic acid groups (broad SMARTS) is 1. The number of carbonyl (C=O) groups excluding carboxylic acids is 1. The molecule has 5 rings (SSSR count). The zero-order valence-electron chi connectivity index (χ0n) is 25.0. The number of fused-ring (bicyclic) bond motifs is 1. The molecule has 13 heteroatoms. The number of nitrogens with one attached hydrogen (secondary N) is 2. The van der Waals surface area contributed by atoms with Gasteiger partial charge in [0, 0.05) is 35.8 Å². The van der Waals surface area contributed by atoms with Crippen LogP contribution in [-0.2, 0) is 17.9 Å². The summed E-state index contributed by atoms with van der Waals surface area (Å²) in [5.41, 5.74) is 0.262. The van der Waals surface area contributed by atoms with Crippen molar-refractivity contribution in [2.75, 3.05) is 25.5 Å². The van der Waals surface area contributed by atoms with Crippen molar-refractivity contribution in [2.24, 2.45) is 0 Å². The van der Waals surface area contributed by atoms with Crippen molar-refractivity contribution in [1.29, 1.82) is 0 Å².